The van der Waals surface area contributed by atoms with Crippen molar-refractivity contribution in [1.82, 2.24) is 0 Å². The van der Waals surface area contributed by atoms with Crippen LogP contribution in [-0.2, 0) is 11.2 Å². The van der Waals surface area contributed by atoms with Gasteiger partial charge in [0.2, 0.25) is 5.91 Å². The largest absolute Gasteiger partial charge is 0.368 e. The van der Waals surface area contributed by atoms with Crippen molar-refractivity contribution in [3.05, 3.63) is 58.9 Å². The highest BCUT2D eigenvalue weighted by Gasteiger charge is 2.25. The minimum absolute atomic E-state index is 0.00453. The molecular formula is C18H18ClFN2O. The number of amides is 1. The molecule has 120 valence electrons. The lowest BCUT2D eigenvalue weighted by atomic mass is 10.1. The molecule has 1 amide bonds. The van der Waals surface area contributed by atoms with Crippen LogP contribution in [-0.4, -0.2) is 18.5 Å². The Morgan fingerprint density at radius 3 is 2.91 bits per heavy atom. The summed E-state index contributed by atoms with van der Waals surface area (Å²) in [4.78, 5) is 14.4. The van der Waals surface area contributed by atoms with Gasteiger partial charge in [0.15, 0.2) is 0 Å². The first-order valence-electron chi connectivity index (χ1n) is 7.64. The second kappa shape index (κ2) is 6.59. The third kappa shape index (κ3) is 3.48. The van der Waals surface area contributed by atoms with E-state index in [4.69, 9.17) is 11.6 Å². The van der Waals surface area contributed by atoms with Crippen molar-refractivity contribution in [1.29, 1.82) is 0 Å². The summed E-state index contributed by atoms with van der Waals surface area (Å²) in [7, 11) is 0. The third-order valence-electron chi connectivity index (χ3n) is 4.13. The van der Waals surface area contributed by atoms with Crippen LogP contribution in [0.4, 0.5) is 15.8 Å². The average Bonchev–Trinajstić information content (AvgIpc) is 2.84. The van der Waals surface area contributed by atoms with Gasteiger partial charge in [0.25, 0.3) is 0 Å². The molecule has 3 rings (SSSR count). The summed E-state index contributed by atoms with van der Waals surface area (Å²) in [6.45, 7) is 2.82. The molecule has 1 N–H and O–H groups in total. The number of para-hydroxylation sites is 1. The standard InChI is InChI=1S/C18H18ClFN2O/c1-12-10-13-4-2-3-5-17(13)22(12)9-8-18(23)21-14-6-7-16(20)15(19)11-14/h2-7,11-12H,8-10H2,1H3,(H,21,23). The Morgan fingerprint density at radius 1 is 1.35 bits per heavy atom. The van der Waals surface area contributed by atoms with Crippen molar-refractivity contribution < 1.29 is 9.18 Å². The van der Waals surface area contributed by atoms with Crippen LogP contribution in [0.5, 0.6) is 0 Å². The number of benzene rings is 2. The third-order valence-corrected chi connectivity index (χ3v) is 4.42. The Labute approximate surface area is 140 Å². The molecule has 1 aliphatic heterocycles. The number of carbonyl (C=O) groups excluding carboxylic acids is 1. The summed E-state index contributed by atoms with van der Waals surface area (Å²) in [6, 6.07) is 12.8. The molecule has 0 saturated heterocycles. The van der Waals surface area contributed by atoms with Gasteiger partial charge in [-0.2, -0.15) is 0 Å². The lowest BCUT2D eigenvalue weighted by Gasteiger charge is -2.24. The van der Waals surface area contributed by atoms with Crippen LogP contribution in [0.2, 0.25) is 5.02 Å². The maximum atomic E-state index is 13.1. The van der Waals surface area contributed by atoms with Gasteiger partial charge in [-0.1, -0.05) is 29.8 Å². The van der Waals surface area contributed by atoms with E-state index in [0.29, 0.717) is 24.7 Å². The first-order chi connectivity index (χ1) is 11.0. The van der Waals surface area contributed by atoms with Crippen LogP contribution < -0.4 is 10.2 Å². The van der Waals surface area contributed by atoms with Crippen molar-refractivity contribution in [3.8, 4) is 0 Å². The normalized spacial score (nSPS) is 16.3. The fourth-order valence-electron chi connectivity index (χ4n) is 2.99. The first-order valence-corrected chi connectivity index (χ1v) is 8.02. The SMILES string of the molecule is CC1Cc2ccccc2N1CCC(=O)Nc1ccc(F)c(Cl)c1. The lowest BCUT2D eigenvalue weighted by molar-refractivity contribution is -0.116. The van der Waals surface area contributed by atoms with E-state index in [2.05, 4.69) is 29.3 Å². The molecule has 1 heterocycles. The fourth-order valence-corrected chi connectivity index (χ4v) is 3.17. The summed E-state index contributed by atoms with van der Waals surface area (Å²) >= 11 is 5.72. The van der Waals surface area contributed by atoms with Gasteiger partial charge in [-0.3, -0.25) is 4.79 Å². The minimum Gasteiger partial charge on any atom is -0.368 e. The van der Waals surface area contributed by atoms with Crippen LogP contribution in [0.1, 0.15) is 18.9 Å². The molecule has 0 aliphatic carbocycles. The Morgan fingerprint density at radius 2 is 2.13 bits per heavy atom. The van der Waals surface area contributed by atoms with Gasteiger partial charge >= 0.3 is 0 Å². The summed E-state index contributed by atoms with van der Waals surface area (Å²) in [5.74, 6) is -0.601. The van der Waals surface area contributed by atoms with Crippen LogP contribution >= 0.6 is 11.6 Å². The van der Waals surface area contributed by atoms with Crippen molar-refractivity contribution >= 4 is 28.9 Å². The van der Waals surface area contributed by atoms with Crippen molar-refractivity contribution in [2.24, 2.45) is 0 Å². The molecule has 5 heteroatoms. The smallest absolute Gasteiger partial charge is 0.226 e. The van der Waals surface area contributed by atoms with Crippen LogP contribution in [0, 0.1) is 5.82 Å². The van der Waals surface area contributed by atoms with Gasteiger partial charge in [-0.25, -0.2) is 4.39 Å². The quantitative estimate of drug-likeness (QED) is 0.907. The highest BCUT2D eigenvalue weighted by atomic mass is 35.5. The summed E-state index contributed by atoms with van der Waals surface area (Å²) in [5.41, 5.74) is 3.04. The van der Waals surface area contributed by atoms with Crippen LogP contribution in [0.25, 0.3) is 0 Å². The molecule has 1 aliphatic rings. The van der Waals surface area contributed by atoms with E-state index < -0.39 is 5.82 Å². The van der Waals surface area contributed by atoms with Gasteiger partial charge in [0.1, 0.15) is 5.82 Å². The van der Waals surface area contributed by atoms with Crippen molar-refractivity contribution in [2.75, 3.05) is 16.8 Å². The first kappa shape index (κ1) is 15.8. The highest BCUT2D eigenvalue weighted by Crippen LogP contribution is 2.31. The molecular weight excluding hydrogens is 315 g/mol. The number of anilines is 2. The summed E-state index contributed by atoms with van der Waals surface area (Å²) < 4.78 is 13.1. The van der Waals surface area contributed by atoms with E-state index in [0.717, 1.165) is 6.42 Å². The van der Waals surface area contributed by atoms with Gasteiger partial charge < -0.3 is 10.2 Å². The fraction of sp³-hybridized carbons (Fsp3) is 0.278. The molecule has 2 aromatic carbocycles. The van der Waals surface area contributed by atoms with E-state index in [9.17, 15) is 9.18 Å². The van der Waals surface area contributed by atoms with E-state index >= 15 is 0 Å². The highest BCUT2D eigenvalue weighted by molar-refractivity contribution is 6.31. The number of hydrogen-bond acceptors (Lipinski definition) is 2. The molecule has 3 nitrogen and oxygen atoms in total. The molecule has 0 bridgehead atoms. The molecule has 0 radical (unpaired) electrons. The number of halogens is 2. The van der Waals surface area contributed by atoms with Gasteiger partial charge in [0, 0.05) is 30.4 Å². The molecule has 2 aromatic rings. The molecule has 0 spiro atoms. The predicted octanol–water partition coefficient (Wildman–Crippen LogP) is 4.26. The van der Waals surface area contributed by atoms with Gasteiger partial charge in [-0.05, 0) is 43.2 Å². The molecule has 0 aromatic heterocycles. The molecule has 0 fully saturated rings. The Balaban J connectivity index is 1.60. The monoisotopic (exact) mass is 332 g/mol. The number of nitrogens with one attached hydrogen (secondary N) is 1. The molecule has 1 unspecified atom stereocenters. The van der Waals surface area contributed by atoms with E-state index in [1.165, 1.54) is 29.4 Å². The second-order valence-electron chi connectivity index (χ2n) is 5.80. The number of rotatable bonds is 4. The number of fused-ring (bicyclic) bond motifs is 1. The summed E-state index contributed by atoms with van der Waals surface area (Å²) in [6.07, 6.45) is 1.37. The van der Waals surface area contributed by atoms with E-state index in [-0.39, 0.29) is 10.9 Å². The number of nitrogens with zero attached hydrogens (tertiary/aromatic N) is 1. The zero-order valence-corrected chi connectivity index (χ0v) is 13.6. The maximum absolute atomic E-state index is 13.1. The second-order valence-corrected chi connectivity index (χ2v) is 6.21. The van der Waals surface area contributed by atoms with Crippen molar-refractivity contribution in [2.45, 2.75) is 25.8 Å². The molecule has 1 atom stereocenters. The van der Waals surface area contributed by atoms with E-state index in [1.807, 2.05) is 12.1 Å². The lowest BCUT2D eigenvalue weighted by Crippen LogP contribution is -2.32. The Hall–Kier alpha value is -2.07. The van der Waals surface area contributed by atoms with Gasteiger partial charge in [0.05, 0.1) is 5.02 Å². The number of hydrogen-bond donors (Lipinski definition) is 1. The van der Waals surface area contributed by atoms with Gasteiger partial charge in [-0.15, -0.1) is 0 Å². The predicted molar refractivity (Wildman–Crippen MR) is 91.6 cm³/mol. The zero-order chi connectivity index (χ0) is 16.4. The number of carbonyl (C=O) groups is 1. The molecule has 0 saturated carbocycles. The van der Waals surface area contributed by atoms with Crippen molar-refractivity contribution in [3.63, 3.8) is 0 Å². The van der Waals surface area contributed by atoms with Crippen LogP contribution in [0.15, 0.2) is 42.5 Å². The maximum Gasteiger partial charge on any atom is 0.226 e. The topological polar surface area (TPSA) is 32.3 Å². The van der Waals surface area contributed by atoms with E-state index in [1.54, 1.807) is 0 Å². The average molecular weight is 333 g/mol. The minimum atomic E-state index is -0.493. The summed E-state index contributed by atoms with van der Waals surface area (Å²) in [5, 5.41) is 2.76. The molecule has 23 heavy (non-hydrogen) atoms. The zero-order valence-electron chi connectivity index (χ0n) is 12.9. The Bertz CT molecular complexity index is 735. The van der Waals surface area contributed by atoms with Crippen LogP contribution in [0.3, 0.4) is 0 Å². The Kier molecular flexibility index (Phi) is 4.53.